The van der Waals surface area contributed by atoms with Gasteiger partial charge in [0.1, 0.15) is 11.5 Å². The highest BCUT2D eigenvalue weighted by Crippen LogP contribution is 2.64. The van der Waals surface area contributed by atoms with Gasteiger partial charge in [0.05, 0.1) is 11.7 Å². The Morgan fingerprint density at radius 3 is 1.61 bits per heavy atom. The normalized spacial score (nSPS) is 22.1. The van der Waals surface area contributed by atoms with E-state index in [2.05, 4.69) is 425 Å². The summed E-state index contributed by atoms with van der Waals surface area (Å²) < 4.78 is 7.57. The first-order chi connectivity index (χ1) is 57.8. The quantitative estimate of drug-likeness (QED) is 0.0794. The maximum absolute atomic E-state index is 7.57. The highest BCUT2D eigenvalue weighted by Gasteiger charge is 2.63. The van der Waals surface area contributed by atoms with Crippen molar-refractivity contribution in [2.75, 3.05) is 19.6 Å². The Bertz CT molecular complexity index is 5870. The van der Waals surface area contributed by atoms with Gasteiger partial charge in [0.15, 0.2) is 6.71 Å². The molecule has 0 amide bonds. The highest BCUT2D eigenvalue weighted by atomic mass is 32.2. The molecule has 0 radical (unpaired) electrons. The van der Waals surface area contributed by atoms with Crippen LogP contribution < -0.4 is 35.3 Å². The molecule has 4 aliphatic carbocycles. The second-order valence-electron chi connectivity index (χ2n) is 36.6. The van der Waals surface area contributed by atoms with Crippen LogP contribution in [-0.4, -0.2) is 48.9 Å². The van der Waals surface area contributed by atoms with Gasteiger partial charge in [-0.2, -0.15) is 0 Å². The molecular formula is C110H102B2N4OS. The molecule has 8 heteroatoms. The molecule has 10 unspecified atom stereocenters. The van der Waals surface area contributed by atoms with E-state index in [1.165, 1.54) is 141 Å². The first-order valence-corrected chi connectivity index (χ1v) is 44.5. The number of thioether (sulfide) groups is 1. The number of ether oxygens (including phenoxy) is 1. The van der Waals surface area contributed by atoms with Crippen LogP contribution in [0.4, 0.5) is 34.1 Å². The second-order valence-corrected chi connectivity index (χ2v) is 37.9. The SMILES string of the molecule is CC(C)(C)c1ccc(-c2cccc(-c3ccc(C(C)(C)C)cc3)c2N2C3CC4Sc5cc(N(c6ccc(-c7ccccc7)cc6)C6CCCCC6c6ccccc6)cc6c5B(c5ccccc5O6)C4C=C3B3C4C=CCCC4N(c4ccccc4)C4=CC(N(c5ccc(-c6ccccc6)cc5)c5ccccc5-c5ccccc5)CC2C34)cc1. The smallest absolute Gasteiger partial charge is 0.228 e. The van der Waals surface area contributed by atoms with Gasteiger partial charge in [-0.3, -0.25) is 0 Å². The Hall–Kier alpha value is -11.4. The Labute approximate surface area is 704 Å². The summed E-state index contributed by atoms with van der Waals surface area (Å²) in [7, 11) is 0. The van der Waals surface area contributed by atoms with Crippen LogP contribution in [0.2, 0.25) is 17.5 Å². The van der Waals surface area contributed by atoms with Gasteiger partial charge in [0.25, 0.3) is 0 Å². The van der Waals surface area contributed by atoms with Gasteiger partial charge < -0.3 is 24.3 Å². The van der Waals surface area contributed by atoms with Gasteiger partial charge in [-0.15, -0.1) is 11.8 Å². The molecule has 13 aromatic carbocycles. The lowest BCUT2D eigenvalue weighted by atomic mass is 9.21. The summed E-state index contributed by atoms with van der Waals surface area (Å²) >= 11 is 2.17. The summed E-state index contributed by atoms with van der Waals surface area (Å²) in [6.07, 6.45) is 19.6. The Morgan fingerprint density at radius 2 is 0.975 bits per heavy atom. The fourth-order valence-corrected chi connectivity index (χ4v) is 23.9. The Morgan fingerprint density at radius 1 is 0.441 bits per heavy atom. The lowest BCUT2D eigenvalue weighted by molar-refractivity contribution is 0.381. The Balaban J connectivity index is 0.811. The molecule has 8 aliphatic rings. The molecule has 13 aromatic rings. The van der Waals surface area contributed by atoms with Gasteiger partial charge in [-0.25, -0.2) is 0 Å². The monoisotopic (exact) mass is 1550 g/mol. The minimum Gasteiger partial charge on any atom is -0.458 e. The molecule has 118 heavy (non-hydrogen) atoms. The van der Waals surface area contributed by atoms with Crippen molar-refractivity contribution in [1.29, 1.82) is 0 Å². The van der Waals surface area contributed by atoms with Gasteiger partial charge >= 0.3 is 0 Å². The van der Waals surface area contributed by atoms with Crippen molar-refractivity contribution in [2.45, 2.75) is 167 Å². The van der Waals surface area contributed by atoms with E-state index in [4.69, 9.17) is 4.74 Å². The molecule has 580 valence electrons. The van der Waals surface area contributed by atoms with Crippen molar-refractivity contribution in [3.05, 3.63) is 380 Å². The zero-order valence-electron chi connectivity index (χ0n) is 68.7. The summed E-state index contributed by atoms with van der Waals surface area (Å²) in [6, 6.07) is 126. The summed E-state index contributed by atoms with van der Waals surface area (Å²) in [4.78, 5) is 12.9. The molecule has 4 heterocycles. The average molecular weight is 1550 g/mol. The molecule has 0 N–H and O–H groups in total. The van der Waals surface area contributed by atoms with E-state index in [1.807, 2.05) is 0 Å². The van der Waals surface area contributed by atoms with E-state index < -0.39 is 0 Å². The van der Waals surface area contributed by atoms with Crippen LogP contribution in [0.15, 0.2) is 368 Å². The lowest BCUT2D eigenvalue weighted by Crippen LogP contribution is -2.69. The van der Waals surface area contributed by atoms with Crippen molar-refractivity contribution in [3.63, 3.8) is 0 Å². The van der Waals surface area contributed by atoms with Crippen LogP contribution in [-0.2, 0) is 10.8 Å². The number of benzene rings is 13. The van der Waals surface area contributed by atoms with Gasteiger partial charge in [0, 0.05) is 103 Å². The average Bonchev–Trinajstić information content (AvgIpc) is 0.684. The van der Waals surface area contributed by atoms with Crippen LogP contribution in [0.5, 0.6) is 11.5 Å². The summed E-state index contributed by atoms with van der Waals surface area (Å²) in [6.45, 7) is 14.4. The molecule has 3 fully saturated rings. The van der Waals surface area contributed by atoms with Crippen molar-refractivity contribution in [1.82, 2.24) is 0 Å². The minimum atomic E-state index is -0.113. The summed E-state index contributed by atoms with van der Waals surface area (Å²) in [5, 5.41) is 0.187. The van der Waals surface area contributed by atoms with Gasteiger partial charge in [-0.05, 0) is 188 Å². The molecule has 0 bridgehead atoms. The molecule has 0 spiro atoms. The Kier molecular flexibility index (Phi) is 19.2. The molecule has 0 aromatic heterocycles. The maximum Gasteiger partial charge on any atom is 0.228 e. The molecule has 1 saturated carbocycles. The van der Waals surface area contributed by atoms with E-state index in [1.54, 1.807) is 5.47 Å². The first-order valence-electron chi connectivity index (χ1n) is 43.6. The third-order valence-electron chi connectivity index (χ3n) is 27.8. The van der Waals surface area contributed by atoms with E-state index in [0.717, 1.165) is 50.0 Å². The predicted octanol–water partition coefficient (Wildman–Crippen LogP) is 27.1. The number of allylic oxidation sites excluding steroid dienone is 2. The van der Waals surface area contributed by atoms with Crippen LogP contribution in [0, 0.1) is 0 Å². The summed E-state index contributed by atoms with van der Waals surface area (Å²) in [5.74, 6) is 2.80. The van der Waals surface area contributed by atoms with Gasteiger partial charge in [-0.1, -0.05) is 345 Å². The van der Waals surface area contributed by atoms with Gasteiger partial charge in [0.2, 0.25) is 6.71 Å². The molecule has 21 rings (SSSR count). The number of para-hydroxylation sites is 4. The number of hydrogen-bond acceptors (Lipinski definition) is 6. The van der Waals surface area contributed by atoms with E-state index in [9.17, 15) is 0 Å². The predicted molar refractivity (Wildman–Crippen MR) is 501 cm³/mol. The van der Waals surface area contributed by atoms with Crippen molar-refractivity contribution in [3.8, 4) is 67.1 Å². The molecular weight excluding hydrogens is 1450 g/mol. The highest BCUT2D eigenvalue weighted by molar-refractivity contribution is 8.00. The van der Waals surface area contributed by atoms with E-state index in [0.29, 0.717) is 5.92 Å². The number of rotatable bonds is 14. The minimum absolute atomic E-state index is 0.00449. The van der Waals surface area contributed by atoms with Crippen LogP contribution in [0.1, 0.15) is 116 Å². The molecule has 4 aliphatic heterocycles. The van der Waals surface area contributed by atoms with Crippen LogP contribution in [0.25, 0.3) is 55.6 Å². The maximum atomic E-state index is 7.57. The number of hydrogen-bond donors (Lipinski definition) is 0. The standard InChI is InChI=1S/C110H102B2N4OS/c1-109(2,3)81-59-51-79(52-60-81)90-43-30-44-91(80-53-61-82(62-54-80)110(4,5)6)108(90)116-99-72-104-95(112-93-46-25-29-50-102(93)117-103-69-87(70-105(118-104)107(103)112)114(85-65-57-76(58-66-85)74-33-14-8-15-34-74)97-48-27-23-42-89(97)78-37-18-10-19-38-78)71-94(99)111-92-45-24-28-49-98(92)115(83-39-20-11-21-40-83)100-67-86(68-101(116)106(100)111)113(84-63-55-75(56-64-84)73-31-12-7-13-32-73)96-47-26-22-41-88(96)77-35-16-9-17-36-77/h7-22,24-26,29-41,43-47,50-67,69-71,86,89,92,95,97-99,101,104,106H,23,27-28,42,48-49,68,72H2,1-6H3. The molecule has 5 nitrogen and oxygen atoms in total. The first kappa shape index (κ1) is 74.1. The molecule has 2 saturated heterocycles. The number of nitrogens with zero attached hydrogens (tertiary/aromatic N) is 4. The lowest BCUT2D eigenvalue weighted by Gasteiger charge is -2.64. The van der Waals surface area contributed by atoms with Crippen LogP contribution >= 0.6 is 11.8 Å². The fraction of sp³-hybridized carbons (Fsp3) is 0.236. The van der Waals surface area contributed by atoms with E-state index >= 15 is 0 Å². The van der Waals surface area contributed by atoms with Crippen molar-refractivity contribution >= 4 is 70.2 Å². The number of fused-ring (bicyclic) bond motifs is 8. The third-order valence-corrected chi connectivity index (χ3v) is 29.2. The largest absolute Gasteiger partial charge is 0.458 e. The topological polar surface area (TPSA) is 22.2 Å². The van der Waals surface area contributed by atoms with Crippen LogP contribution in [0.3, 0.4) is 0 Å². The number of anilines is 6. The van der Waals surface area contributed by atoms with Crippen molar-refractivity contribution < 1.29 is 4.74 Å². The summed E-state index contributed by atoms with van der Waals surface area (Å²) in [5.41, 5.74) is 29.5. The second kappa shape index (κ2) is 30.5. The van der Waals surface area contributed by atoms with E-state index in [-0.39, 0.29) is 77.2 Å². The molecule has 10 atom stereocenters. The zero-order valence-corrected chi connectivity index (χ0v) is 69.5. The fourth-order valence-electron chi connectivity index (χ4n) is 22.4. The third kappa shape index (κ3) is 13.3. The van der Waals surface area contributed by atoms with Crippen molar-refractivity contribution in [2.24, 2.45) is 0 Å². The zero-order chi connectivity index (χ0) is 79.3.